The smallest absolute Gasteiger partial charge is 0.0468 e. The van der Waals surface area contributed by atoms with Crippen LogP contribution in [0.5, 0.6) is 0 Å². The molecular formula is C15H23NO. The van der Waals surface area contributed by atoms with Crippen LogP contribution in [0, 0.1) is 6.92 Å². The van der Waals surface area contributed by atoms with Crippen LogP contribution < -0.4 is 5.32 Å². The van der Waals surface area contributed by atoms with Crippen LogP contribution in [0.4, 0.5) is 0 Å². The number of nitrogens with one attached hydrogen (secondary N) is 1. The van der Waals surface area contributed by atoms with Crippen molar-refractivity contribution in [1.29, 1.82) is 0 Å². The second-order valence-electron chi connectivity index (χ2n) is 5.02. The van der Waals surface area contributed by atoms with Crippen molar-refractivity contribution in [3.05, 3.63) is 35.4 Å². The molecule has 1 fully saturated rings. The van der Waals surface area contributed by atoms with E-state index in [4.69, 9.17) is 4.74 Å². The molecule has 0 heterocycles. The van der Waals surface area contributed by atoms with E-state index in [9.17, 15) is 0 Å². The van der Waals surface area contributed by atoms with Crippen molar-refractivity contribution < 1.29 is 4.74 Å². The Kier molecular flexibility index (Phi) is 4.57. The summed E-state index contributed by atoms with van der Waals surface area (Å²) in [5.41, 5.74) is 2.86. The molecule has 2 rings (SSSR count). The van der Waals surface area contributed by atoms with E-state index in [0.717, 1.165) is 25.6 Å². The van der Waals surface area contributed by atoms with Crippen molar-refractivity contribution in [2.45, 2.75) is 38.1 Å². The molecule has 1 aromatic carbocycles. The van der Waals surface area contributed by atoms with E-state index in [1.54, 1.807) is 7.11 Å². The van der Waals surface area contributed by atoms with E-state index in [2.05, 4.69) is 36.5 Å². The van der Waals surface area contributed by atoms with Gasteiger partial charge in [0.1, 0.15) is 0 Å². The minimum absolute atomic E-state index is 0.580. The summed E-state index contributed by atoms with van der Waals surface area (Å²) < 4.78 is 5.23. The van der Waals surface area contributed by atoms with Gasteiger partial charge in [0.25, 0.3) is 0 Å². The van der Waals surface area contributed by atoms with E-state index in [1.165, 1.54) is 24.0 Å². The van der Waals surface area contributed by atoms with E-state index in [0.29, 0.717) is 5.92 Å². The van der Waals surface area contributed by atoms with E-state index >= 15 is 0 Å². The van der Waals surface area contributed by atoms with E-state index in [1.807, 2.05) is 0 Å². The Morgan fingerprint density at radius 1 is 1.35 bits per heavy atom. The third-order valence-corrected chi connectivity index (χ3v) is 3.53. The van der Waals surface area contributed by atoms with Gasteiger partial charge in [-0.1, -0.05) is 24.3 Å². The quantitative estimate of drug-likeness (QED) is 0.782. The first-order chi connectivity index (χ1) is 8.31. The predicted molar refractivity (Wildman–Crippen MR) is 71.4 cm³/mol. The summed E-state index contributed by atoms with van der Waals surface area (Å²) in [6.45, 7) is 4.12. The van der Waals surface area contributed by atoms with E-state index < -0.39 is 0 Å². The molecule has 0 aromatic heterocycles. The van der Waals surface area contributed by atoms with Crippen molar-refractivity contribution in [2.75, 3.05) is 20.3 Å². The minimum Gasteiger partial charge on any atom is -0.385 e. The maximum Gasteiger partial charge on any atom is 0.0468 e. The van der Waals surface area contributed by atoms with Crippen LogP contribution in [-0.4, -0.2) is 26.3 Å². The Labute approximate surface area is 104 Å². The van der Waals surface area contributed by atoms with Crippen LogP contribution in [0.1, 0.15) is 36.3 Å². The zero-order valence-corrected chi connectivity index (χ0v) is 10.9. The highest BCUT2D eigenvalue weighted by Crippen LogP contribution is 2.25. The van der Waals surface area contributed by atoms with Gasteiger partial charge in [-0.15, -0.1) is 0 Å². The summed E-state index contributed by atoms with van der Waals surface area (Å²) in [5.74, 6) is 0.580. The van der Waals surface area contributed by atoms with Gasteiger partial charge in [-0.3, -0.25) is 0 Å². The van der Waals surface area contributed by atoms with Gasteiger partial charge in [0.15, 0.2) is 0 Å². The molecule has 1 atom stereocenters. The SMILES string of the molecule is COCCC(CNC1CC1)c1ccccc1C. The third kappa shape index (κ3) is 3.83. The average molecular weight is 233 g/mol. The van der Waals surface area contributed by atoms with Crippen LogP contribution in [-0.2, 0) is 4.74 Å². The molecule has 1 saturated carbocycles. The lowest BCUT2D eigenvalue weighted by Crippen LogP contribution is -2.24. The number of hydrogen-bond acceptors (Lipinski definition) is 2. The molecule has 0 saturated heterocycles. The molecule has 17 heavy (non-hydrogen) atoms. The van der Waals surface area contributed by atoms with Gasteiger partial charge < -0.3 is 10.1 Å². The lowest BCUT2D eigenvalue weighted by Gasteiger charge is -2.19. The molecule has 0 radical (unpaired) electrons. The fourth-order valence-electron chi connectivity index (χ4n) is 2.27. The third-order valence-electron chi connectivity index (χ3n) is 3.53. The molecule has 1 N–H and O–H groups in total. The summed E-state index contributed by atoms with van der Waals surface area (Å²) in [6.07, 6.45) is 3.80. The molecule has 1 aliphatic rings. The zero-order chi connectivity index (χ0) is 12.1. The fraction of sp³-hybridized carbons (Fsp3) is 0.600. The maximum absolute atomic E-state index is 5.23. The Bertz CT molecular complexity index is 347. The molecule has 0 spiro atoms. The highest BCUT2D eigenvalue weighted by molar-refractivity contribution is 5.29. The van der Waals surface area contributed by atoms with Crippen molar-refractivity contribution in [2.24, 2.45) is 0 Å². The normalized spacial score (nSPS) is 17.1. The van der Waals surface area contributed by atoms with Crippen LogP contribution in [0.15, 0.2) is 24.3 Å². The average Bonchev–Trinajstić information content (AvgIpc) is 3.15. The van der Waals surface area contributed by atoms with Gasteiger partial charge in [-0.25, -0.2) is 0 Å². The first kappa shape index (κ1) is 12.6. The molecule has 1 aromatic rings. The van der Waals surface area contributed by atoms with Crippen molar-refractivity contribution in [1.82, 2.24) is 5.32 Å². The van der Waals surface area contributed by atoms with Crippen LogP contribution in [0.25, 0.3) is 0 Å². The Hall–Kier alpha value is -0.860. The van der Waals surface area contributed by atoms with Gasteiger partial charge in [0.05, 0.1) is 0 Å². The Morgan fingerprint density at radius 2 is 2.12 bits per heavy atom. The van der Waals surface area contributed by atoms with Gasteiger partial charge in [-0.2, -0.15) is 0 Å². The van der Waals surface area contributed by atoms with Gasteiger partial charge in [0.2, 0.25) is 0 Å². The number of benzene rings is 1. The summed E-state index contributed by atoms with van der Waals surface area (Å²) in [4.78, 5) is 0. The van der Waals surface area contributed by atoms with Crippen molar-refractivity contribution >= 4 is 0 Å². The van der Waals surface area contributed by atoms with Crippen LogP contribution >= 0.6 is 0 Å². The first-order valence-corrected chi connectivity index (χ1v) is 6.59. The Balaban J connectivity index is 1.99. The fourth-order valence-corrected chi connectivity index (χ4v) is 2.27. The monoisotopic (exact) mass is 233 g/mol. The lowest BCUT2D eigenvalue weighted by molar-refractivity contribution is 0.187. The molecule has 1 aliphatic carbocycles. The number of methoxy groups -OCH3 is 1. The number of hydrogen-bond donors (Lipinski definition) is 1. The molecule has 94 valence electrons. The highest BCUT2D eigenvalue weighted by atomic mass is 16.5. The summed E-state index contributed by atoms with van der Waals surface area (Å²) in [6, 6.07) is 9.49. The zero-order valence-electron chi connectivity index (χ0n) is 10.9. The summed E-state index contributed by atoms with van der Waals surface area (Å²) >= 11 is 0. The summed E-state index contributed by atoms with van der Waals surface area (Å²) in [7, 11) is 1.78. The minimum atomic E-state index is 0.580. The first-order valence-electron chi connectivity index (χ1n) is 6.59. The standard InChI is InChI=1S/C15H23NO/c1-12-5-3-4-6-15(12)13(9-10-17-2)11-16-14-7-8-14/h3-6,13-14,16H,7-11H2,1-2H3. The van der Waals surface area contributed by atoms with Gasteiger partial charge in [-0.05, 0) is 43.2 Å². The number of rotatable bonds is 7. The second-order valence-corrected chi connectivity index (χ2v) is 5.02. The predicted octanol–water partition coefficient (Wildman–Crippen LogP) is 2.87. The summed E-state index contributed by atoms with van der Waals surface area (Å²) in [5, 5.41) is 3.64. The molecule has 2 heteroatoms. The van der Waals surface area contributed by atoms with E-state index in [-0.39, 0.29) is 0 Å². The number of aryl methyl sites for hydroxylation is 1. The molecule has 0 aliphatic heterocycles. The highest BCUT2D eigenvalue weighted by Gasteiger charge is 2.22. The van der Waals surface area contributed by atoms with Crippen molar-refractivity contribution in [3.8, 4) is 0 Å². The Morgan fingerprint density at radius 3 is 2.76 bits per heavy atom. The largest absolute Gasteiger partial charge is 0.385 e. The second kappa shape index (κ2) is 6.18. The van der Waals surface area contributed by atoms with Crippen LogP contribution in [0.3, 0.4) is 0 Å². The topological polar surface area (TPSA) is 21.3 Å². The molecular weight excluding hydrogens is 210 g/mol. The molecule has 2 nitrogen and oxygen atoms in total. The molecule has 0 amide bonds. The van der Waals surface area contributed by atoms with Gasteiger partial charge >= 0.3 is 0 Å². The van der Waals surface area contributed by atoms with Gasteiger partial charge in [0, 0.05) is 26.3 Å². The van der Waals surface area contributed by atoms with Crippen molar-refractivity contribution in [3.63, 3.8) is 0 Å². The van der Waals surface area contributed by atoms with Crippen LogP contribution in [0.2, 0.25) is 0 Å². The lowest BCUT2D eigenvalue weighted by atomic mass is 9.92. The maximum atomic E-state index is 5.23. The molecule has 1 unspecified atom stereocenters. The number of ether oxygens (including phenoxy) is 1. The molecule has 0 bridgehead atoms.